The molecule has 1 fully saturated rings. The van der Waals surface area contributed by atoms with E-state index in [2.05, 4.69) is 10.3 Å². The molecule has 6 nitrogen and oxygen atoms in total. The Bertz CT molecular complexity index is 1510. The van der Waals surface area contributed by atoms with Crippen LogP contribution < -0.4 is 16.6 Å². The topological polar surface area (TPSA) is 90.0 Å². The first-order valence-electron chi connectivity index (χ1n) is 11.0. The van der Waals surface area contributed by atoms with Gasteiger partial charge in [0, 0.05) is 23.8 Å². The summed E-state index contributed by atoms with van der Waals surface area (Å²) in [5.74, 6) is -1.29. The summed E-state index contributed by atoms with van der Waals surface area (Å²) in [7, 11) is 0. The number of fused-ring (bicyclic) bond motifs is 1. The first kappa shape index (κ1) is 21.8. The van der Waals surface area contributed by atoms with Crippen LogP contribution >= 0.6 is 0 Å². The van der Waals surface area contributed by atoms with E-state index in [1.165, 1.54) is 35.0 Å². The minimum Gasteiger partial charge on any atom is -0.382 e. The van der Waals surface area contributed by atoms with Crippen molar-refractivity contribution in [2.24, 2.45) is 0 Å². The molecular weight excluding hydrogens is 438 g/mol. The van der Waals surface area contributed by atoms with Gasteiger partial charge < -0.3 is 11.1 Å². The van der Waals surface area contributed by atoms with Crippen LogP contribution in [0.5, 0.6) is 0 Å². The standard InChI is InChI=1S/C26H22F2N4O2/c1-14-21(25(33)31-13-16-5-2-7-18(27)22(16)15-10-11-15)17-6-3-8-19(28)23(17)26(34)32(14)20-9-4-12-30-24(20)29/h2-9,12,15H,10-11,13H2,1H3,(H2,29,30)(H,31,33). The Kier molecular flexibility index (Phi) is 5.36. The van der Waals surface area contributed by atoms with E-state index in [4.69, 9.17) is 5.73 Å². The number of nitrogen functional groups attached to an aromatic ring is 1. The van der Waals surface area contributed by atoms with E-state index in [0.29, 0.717) is 16.8 Å². The number of carbonyl (C=O) groups is 1. The van der Waals surface area contributed by atoms with E-state index in [1.54, 1.807) is 31.2 Å². The number of hydrogen-bond acceptors (Lipinski definition) is 4. The van der Waals surface area contributed by atoms with Crippen LogP contribution in [0.3, 0.4) is 0 Å². The zero-order valence-corrected chi connectivity index (χ0v) is 18.4. The second-order valence-corrected chi connectivity index (χ2v) is 8.44. The fraction of sp³-hybridized carbons (Fsp3) is 0.192. The molecular formula is C26H22F2N4O2. The van der Waals surface area contributed by atoms with Crippen molar-refractivity contribution >= 4 is 22.5 Å². The molecule has 2 heterocycles. The van der Waals surface area contributed by atoms with Crippen LogP contribution in [0.15, 0.2) is 59.5 Å². The smallest absolute Gasteiger partial charge is 0.266 e. The van der Waals surface area contributed by atoms with Gasteiger partial charge in [0.15, 0.2) is 0 Å². The summed E-state index contributed by atoms with van der Waals surface area (Å²) >= 11 is 0. The molecule has 0 spiro atoms. The number of nitrogens with one attached hydrogen (secondary N) is 1. The van der Waals surface area contributed by atoms with Crippen molar-refractivity contribution in [2.75, 3.05) is 5.73 Å². The molecule has 0 aliphatic heterocycles. The Morgan fingerprint density at radius 1 is 1.12 bits per heavy atom. The highest BCUT2D eigenvalue weighted by Gasteiger charge is 2.29. The predicted molar refractivity (Wildman–Crippen MR) is 126 cm³/mol. The van der Waals surface area contributed by atoms with Gasteiger partial charge in [-0.25, -0.2) is 13.8 Å². The Balaban J connectivity index is 1.63. The van der Waals surface area contributed by atoms with Crippen molar-refractivity contribution in [3.8, 4) is 5.69 Å². The molecule has 1 aliphatic carbocycles. The second-order valence-electron chi connectivity index (χ2n) is 8.44. The molecule has 8 heteroatoms. The van der Waals surface area contributed by atoms with Crippen molar-refractivity contribution in [2.45, 2.75) is 32.2 Å². The third-order valence-corrected chi connectivity index (χ3v) is 6.25. The number of carbonyl (C=O) groups excluding carboxylic acids is 1. The number of aromatic nitrogens is 2. The van der Waals surface area contributed by atoms with Crippen LogP contribution in [0.25, 0.3) is 16.5 Å². The van der Waals surface area contributed by atoms with Gasteiger partial charge in [0.05, 0.1) is 16.6 Å². The van der Waals surface area contributed by atoms with Crippen LogP contribution in [0.2, 0.25) is 0 Å². The number of nitrogens with two attached hydrogens (primary N) is 1. The number of halogens is 2. The highest BCUT2D eigenvalue weighted by Crippen LogP contribution is 2.43. The van der Waals surface area contributed by atoms with Gasteiger partial charge >= 0.3 is 0 Å². The first-order valence-corrected chi connectivity index (χ1v) is 11.0. The highest BCUT2D eigenvalue weighted by molar-refractivity contribution is 6.08. The van der Waals surface area contributed by atoms with Gasteiger partial charge in [0.25, 0.3) is 11.5 Å². The van der Waals surface area contributed by atoms with Gasteiger partial charge in [-0.1, -0.05) is 24.3 Å². The lowest BCUT2D eigenvalue weighted by atomic mass is 10.0. The molecule has 4 aromatic rings. The summed E-state index contributed by atoms with van der Waals surface area (Å²) in [6.45, 7) is 1.71. The zero-order chi connectivity index (χ0) is 24.0. The van der Waals surface area contributed by atoms with Crippen LogP contribution in [-0.2, 0) is 6.54 Å². The molecule has 0 bridgehead atoms. The number of anilines is 1. The summed E-state index contributed by atoms with van der Waals surface area (Å²) in [6, 6.07) is 12.2. The number of rotatable bonds is 5. The molecule has 5 rings (SSSR count). The van der Waals surface area contributed by atoms with E-state index in [0.717, 1.165) is 12.8 Å². The van der Waals surface area contributed by atoms with Crippen LogP contribution in [0.4, 0.5) is 14.6 Å². The highest BCUT2D eigenvalue weighted by atomic mass is 19.1. The molecule has 1 amide bonds. The molecule has 0 radical (unpaired) electrons. The lowest BCUT2D eigenvalue weighted by molar-refractivity contribution is 0.0951. The Morgan fingerprint density at radius 3 is 2.59 bits per heavy atom. The normalized spacial score (nSPS) is 13.3. The summed E-state index contributed by atoms with van der Waals surface area (Å²) in [6.07, 6.45) is 3.32. The van der Waals surface area contributed by atoms with Gasteiger partial charge in [-0.3, -0.25) is 14.2 Å². The zero-order valence-electron chi connectivity index (χ0n) is 18.4. The third kappa shape index (κ3) is 3.61. The van der Waals surface area contributed by atoms with Gasteiger partial charge in [-0.05, 0) is 61.1 Å². The summed E-state index contributed by atoms with van der Waals surface area (Å²) in [4.78, 5) is 30.8. The van der Waals surface area contributed by atoms with E-state index in [-0.39, 0.29) is 46.1 Å². The van der Waals surface area contributed by atoms with E-state index < -0.39 is 17.3 Å². The molecule has 0 atom stereocenters. The molecule has 1 saturated carbocycles. The van der Waals surface area contributed by atoms with Crippen LogP contribution in [0.1, 0.15) is 45.9 Å². The second kappa shape index (κ2) is 8.37. The molecule has 0 saturated heterocycles. The SMILES string of the molecule is Cc1c(C(=O)NCc2cccc(F)c2C2CC2)c2cccc(F)c2c(=O)n1-c1cccnc1N. The molecule has 34 heavy (non-hydrogen) atoms. The molecule has 3 N–H and O–H groups in total. The van der Waals surface area contributed by atoms with Crippen molar-refractivity contribution in [3.05, 3.63) is 99.1 Å². The maximum Gasteiger partial charge on any atom is 0.266 e. The Hall–Kier alpha value is -4.07. The summed E-state index contributed by atoms with van der Waals surface area (Å²) in [5.41, 5.74) is 7.38. The number of hydrogen-bond donors (Lipinski definition) is 2. The quantitative estimate of drug-likeness (QED) is 0.463. The van der Waals surface area contributed by atoms with E-state index >= 15 is 0 Å². The average molecular weight is 460 g/mol. The monoisotopic (exact) mass is 460 g/mol. The number of amides is 1. The average Bonchev–Trinajstić information content (AvgIpc) is 3.64. The minimum absolute atomic E-state index is 0.0728. The molecule has 2 aromatic heterocycles. The summed E-state index contributed by atoms with van der Waals surface area (Å²) in [5, 5.41) is 2.82. The minimum atomic E-state index is -0.742. The fourth-order valence-corrected chi connectivity index (χ4v) is 4.52. The van der Waals surface area contributed by atoms with E-state index in [9.17, 15) is 18.4 Å². The van der Waals surface area contributed by atoms with Gasteiger partial charge in [0.1, 0.15) is 17.5 Å². The number of benzene rings is 2. The van der Waals surface area contributed by atoms with Gasteiger partial charge in [-0.15, -0.1) is 0 Å². The molecule has 172 valence electrons. The predicted octanol–water partition coefficient (Wildman–Crippen LogP) is 4.36. The third-order valence-electron chi connectivity index (χ3n) is 6.25. The largest absolute Gasteiger partial charge is 0.382 e. The van der Waals surface area contributed by atoms with Gasteiger partial charge in [0.2, 0.25) is 0 Å². The summed E-state index contributed by atoms with van der Waals surface area (Å²) < 4.78 is 30.5. The molecule has 0 unspecified atom stereocenters. The molecule has 2 aromatic carbocycles. The lowest BCUT2D eigenvalue weighted by Gasteiger charge is -2.18. The van der Waals surface area contributed by atoms with Crippen molar-refractivity contribution in [1.29, 1.82) is 0 Å². The van der Waals surface area contributed by atoms with Gasteiger partial charge in [-0.2, -0.15) is 0 Å². The number of pyridine rings is 2. The Morgan fingerprint density at radius 2 is 1.85 bits per heavy atom. The van der Waals surface area contributed by atoms with Crippen molar-refractivity contribution in [3.63, 3.8) is 0 Å². The molecule has 1 aliphatic rings. The van der Waals surface area contributed by atoms with Crippen LogP contribution in [-0.4, -0.2) is 15.5 Å². The maximum atomic E-state index is 14.8. The van der Waals surface area contributed by atoms with Crippen LogP contribution in [0, 0.1) is 18.6 Å². The van der Waals surface area contributed by atoms with Crippen molar-refractivity contribution in [1.82, 2.24) is 14.9 Å². The maximum absolute atomic E-state index is 14.8. The Labute approximate surface area is 194 Å². The van der Waals surface area contributed by atoms with E-state index in [1.807, 2.05) is 0 Å². The van der Waals surface area contributed by atoms with Crippen molar-refractivity contribution < 1.29 is 13.6 Å². The number of nitrogens with zero attached hydrogens (tertiary/aromatic N) is 2. The lowest BCUT2D eigenvalue weighted by Crippen LogP contribution is -2.30. The first-order chi connectivity index (χ1) is 16.4. The fourth-order valence-electron chi connectivity index (χ4n) is 4.52.